The van der Waals surface area contributed by atoms with Gasteiger partial charge in [0.05, 0.1) is 24.5 Å². The van der Waals surface area contributed by atoms with Crippen molar-refractivity contribution in [3.8, 4) is 0 Å². The van der Waals surface area contributed by atoms with E-state index >= 15 is 0 Å². The lowest BCUT2D eigenvalue weighted by molar-refractivity contribution is -0.131. The van der Waals surface area contributed by atoms with E-state index in [4.69, 9.17) is 4.74 Å². The molecular weight excluding hydrogens is 370 g/mol. The molecule has 29 heavy (non-hydrogen) atoms. The number of nitrogens with one attached hydrogen (secondary N) is 2. The number of rotatable bonds is 6. The summed E-state index contributed by atoms with van der Waals surface area (Å²) in [5.41, 5.74) is 0.663. The third kappa shape index (κ3) is 3.44. The Morgan fingerprint density at radius 1 is 1.28 bits per heavy atom. The molecule has 154 valence electrons. The first-order valence-electron chi connectivity index (χ1n) is 10.1. The van der Waals surface area contributed by atoms with Crippen LogP contribution in [0.4, 0.5) is 11.4 Å². The minimum absolute atomic E-state index is 0.0897. The molecule has 1 spiro atoms. The molecule has 3 aliphatic heterocycles. The summed E-state index contributed by atoms with van der Waals surface area (Å²) in [7, 11) is 0. The van der Waals surface area contributed by atoms with Crippen molar-refractivity contribution in [2.75, 3.05) is 23.3 Å². The Kier molecular flexibility index (Phi) is 4.94. The smallest absolute Gasteiger partial charge is 0.234 e. The first-order chi connectivity index (χ1) is 13.8. The van der Waals surface area contributed by atoms with Gasteiger partial charge in [-0.3, -0.25) is 14.4 Å². The summed E-state index contributed by atoms with van der Waals surface area (Å²) in [5.74, 6) is -0.849. The van der Waals surface area contributed by atoms with E-state index in [2.05, 4.69) is 24.5 Å². The quantitative estimate of drug-likeness (QED) is 0.720. The molecule has 2 fully saturated rings. The maximum atomic E-state index is 13.3. The van der Waals surface area contributed by atoms with Crippen LogP contribution in [0.1, 0.15) is 27.2 Å². The highest BCUT2D eigenvalue weighted by atomic mass is 16.5. The lowest BCUT2D eigenvalue weighted by atomic mass is 9.77. The molecule has 0 saturated carbocycles. The monoisotopic (exact) mass is 397 g/mol. The van der Waals surface area contributed by atoms with Crippen molar-refractivity contribution in [1.82, 2.24) is 5.32 Å². The first kappa shape index (κ1) is 19.6. The summed E-state index contributed by atoms with van der Waals surface area (Å²) < 4.78 is 6.15. The van der Waals surface area contributed by atoms with E-state index in [1.165, 1.54) is 6.92 Å². The molecule has 1 aromatic rings. The molecule has 3 aliphatic rings. The summed E-state index contributed by atoms with van der Waals surface area (Å²) in [5, 5.41) is 5.70. The molecule has 0 unspecified atom stereocenters. The molecule has 4 rings (SSSR count). The molecule has 1 aromatic carbocycles. The average Bonchev–Trinajstić information content (AvgIpc) is 3.30. The Labute approximate surface area is 170 Å². The molecule has 3 heterocycles. The number of amides is 3. The lowest BCUT2D eigenvalue weighted by Crippen LogP contribution is -2.44. The number of ether oxygens (including phenoxy) is 1. The molecule has 2 saturated heterocycles. The van der Waals surface area contributed by atoms with Crippen LogP contribution in [-0.4, -0.2) is 42.5 Å². The largest absolute Gasteiger partial charge is 0.360 e. The van der Waals surface area contributed by atoms with Crippen LogP contribution in [0.25, 0.3) is 0 Å². The molecule has 3 amide bonds. The molecule has 4 atom stereocenters. The zero-order chi connectivity index (χ0) is 20.8. The predicted octanol–water partition coefficient (Wildman–Crippen LogP) is 2.09. The van der Waals surface area contributed by atoms with Gasteiger partial charge in [0.25, 0.3) is 0 Å². The van der Waals surface area contributed by atoms with Gasteiger partial charge in [0.15, 0.2) is 0 Å². The average molecular weight is 397 g/mol. The first-order valence-corrected chi connectivity index (χ1v) is 10.1. The fourth-order valence-corrected chi connectivity index (χ4v) is 4.55. The third-order valence-electron chi connectivity index (χ3n) is 5.92. The van der Waals surface area contributed by atoms with Crippen LogP contribution in [0.3, 0.4) is 0 Å². The molecule has 2 N–H and O–H groups in total. The highest BCUT2D eigenvalue weighted by molar-refractivity contribution is 6.03. The van der Waals surface area contributed by atoms with E-state index in [9.17, 15) is 14.4 Å². The fourth-order valence-electron chi connectivity index (χ4n) is 4.55. The highest BCUT2D eigenvalue weighted by Gasteiger charge is 2.67. The van der Waals surface area contributed by atoms with Crippen LogP contribution in [0, 0.1) is 17.8 Å². The second-order valence-electron chi connectivity index (χ2n) is 8.53. The molecule has 0 aromatic heterocycles. The maximum Gasteiger partial charge on any atom is 0.234 e. The Bertz CT molecular complexity index is 863. The Morgan fingerprint density at radius 2 is 2.00 bits per heavy atom. The van der Waals surface area contributed by atoms with Gasteiger partial charge in [0.1, 0.15) is 5.60 Å². The standard InChI is InChI=1S/C22H27N3O4/c1-13(2)9-11-23-20(27)18-17-8-10-22(29-17)12-25(21(28)19(18)22)16-6-4-15(5-7-16)24-14(3)26/h4-8,10,13,17-19H,9,11-12H2,1-3H3,(H,23,27)(H,24,26)/t17-,18+,19+,22-/m1/s1. The zero-order valence-electron chi connectivity index (χ0n) is 17.0. The van der Waals surface area contributed by atoms with Gasteiger partial charge in [-0.1, -0.05) is 26.0 Å². The van der Waals surface area contributed by atoms with Crippen molar-refractivity contribution in [2.24, 2.45) is 17.8 Å². The number of anilines is 2. The molecule has 0 radical (unpaired) electrons. The number of benzene rings is 1. The van der Waals surface area contributed by atoms with Crippen molar-refractivity contribution < 1.29 is 19.1 Å². The summed E-state index contributed by atoms with van der Waals surface area (Å²) in [4.78, 5) is 39.0. The highest BCUT2D eigenvalue weighted by Crippen LogP contribution is 2.52. The Balaban J connectivity index is 1.52. The second-order valence-corrected chi connectivity index (χ2v) is 8.53. The van der Waals surface area contributed by atoms with E-state index in [1.807, 2.05) is 12.2 Å². The van der Waals surface area contributed by atoms with Crippen LogP contribution in [0.5, 0.6) is 0 Å². The van der Waals surface area contributed by atoms with E-state index in [0.29, 0.717) is 24.7 Å². The van der Waals surface area contributed by atoms with Crippen molar-refractivity contribution in [2.45, 2.75) is 38.9 Å². The SMILES string of the molecule is CC(=O)Nc1ccc(N2C[C@@]34C=C[C@@H](O3)[C@H](C(=O)NCCC(C)C)[C@H]4C2=O)cc1. The van der Waals surface area contributed by atoms with Gasteiger partial charge in [-0.05, 0) is 36.6 Å². The van der Waals surface area contributed by atoms with E-state index in [-0.39, 0.29) is 23.8 Å². The van der Waals surface area contributed by atoms with Gasteiger partial charge in [-0.25, -0.2) is 0 Å². The van der Waals surface area contributed by atoms with Crippen molar-refractivity contribution in [3.63, 3.8) is 0 Å². The maximum absolute atomic E-state index is 13.3. The van der Waals surface area contributed by atoms with Gasteiger partial charge >= 0.3 is 0 Å². The van der Waals surface area contributed by atoms with Crippen molar-refractivity contribution >= 4 is 29.1 Å². The van der Waals surface area contributed by atoms with E-state index < -0.39 is 17.4 Å². The second kappa shape index (κ2) is 7.30. The van der Waals surface area contributed by atoms with Gasteiger partial charge in [0, 0.05) is 24.8 Å². The van der Waals surface area contributed by atoms with Gasteiger partial charge in [-0.2, -0.15) is 0 Å². The fraction of sp³-hybridized carbons (Fsp3) is 0.500. The van der Waals surface area contributed by atoms with Gasteiger partial charge in [-0.15, -0.1) is 0 Å². The molecule has 7 heteroatoms. The topological polar surface area (TPSA) is 87.7 Å². The number of carbonyl (C=O) groups is 3. The normalized spacial score (nSPS) is 29.4. The van der Waals surface area contributed by atoms with Crippen LogP contribution in [-0.2, 0) is 19.1 Å². The molecule has 2 bridgehead atoms. The zero-order valence-corrected chi connectivity index (χ0v) is 17.0. The van der Waals surface area contributed by atoms with Gasteiger partial charge in [0.2, 0.25) is 17.7 Å². The third-order valence-corrected chi connectivity index (χ3v) is 5.92. The minimum Gasteiger partial charge on any atom is -0.360 e. The van der Waals surface area contributed by atoms with E-state index in [1.54, 1.807) is 29.2 Å². The lowest BCUT2D eigenvalue weighted by Gasteiger charge is -2.23. The van der Waals surface area contributed by atoms with Gasteiger partial charge < -0.3 is 20.3 Å². The number of fused-ring (bicyclic) bond motifs is 1. The summed E-state index contributed by atoms with van der Waals surface area (Å²) in [6, 6.07) is 7.13. The summed E-state index contributed by atoms with van der Waals surface area (Å²) in [6.45, 7) is 6.66. The molecule has 7 nitrogen and oxygen atoms in total. The number of hydrogen-bond donors (Lipinski definition) is 2. The minimum atomic E-state index is -0.738. The number of nitrogens with zero attached hydrogens (tertiary/aromatic N) is 1. The van der Waals surface area contributed by atoms with Crippen LogP contribution >= 0.6 is 0 Å². The van der Waals surface area contributed by atoms with Crippen LogP contribution in [0.2, 0.25) is 0 Å². The van der Waals surface area contributed by atoms with Crippen molar-refractivity contribution in [3.05, 3.63) is 36.4 Å². The predicted molar refractivity (Wildman–Crippen MR) is 109 cm³/mol. The Morgan fingerprint density at radius 3 is 2.66 bits per heavy atom. The summed E-state index contributed by atoms with van der Waals surface area (Å²) >= 11 is 0. The van der Waals surface area contributed by atoms with Crippen LogP contribution in [0.15, 0.2) is 36.4 Å². The Hall–Kier alpha value is -2.67. The summed E-state index contributed by atoms with van der Waals surface area (Å²) in [6.07, 6.45) is 4.42. The molecular formula is C22H27N3O4. The van der Waals surface area contributed by atoms with Crippen molar-refractivity contribution in [1.29, 1.82) is 0 Å². The molecule has 0 aliphatic carbocycles. The van der Waals surface area contributed by atoms with Crippen LogP contribution < -0.4 is 15.5 Å². The number of hydrogen-bond acceptors (Lipinski definition) is 4. The number of carbonyl (C=O) groups excluding carboxylic acids is 3. The van der Waals surface area contributed by atoms with E-state index in [0.717, 1.165) is 12.1 Å².